The van der Waals surface area contributed by atoms with Gasteiger partial charge in [0, 0.05) is 12.1 Å². The van der Waals surface area contributed by atoms with Gasteiger partial charge in [0.2, 0.25) is 0 Å². The molecule has 0 radical (unpaired) electrons. The first-order valence-electron chi connectivity index (χ1n) is 7.50. The molecule has 0 aromatic heterocycles. The molecule has 1 aromatic carbocycles. The Morgan fingerprint density at radius 1 is 1.48 bits per heavy atom. The molecule has 2 saturated heterocycles. The van der Waals surface area contributed by atoms with Gasteiger partial charge < -0.3 is 10.1 Å². The van der Waals surface area contributed by atoms with E-state index in [1.165, 1.54) is 6.07 Å². The fourth-order valence-electron chi connectivity index (χ4n) is 3.34. The van der Waals surface area contributed by atoms with Crippen molar-refractivity contribution in [3.8, 4) is 0 Å². The molecule has 0 saturated carbocycles. The van der Waals surface area contributed by atoms with Crippen molar-refractivity contribution < 1.29 is 13.9 Å². The zero-order chi connectivity index (χ0) is 14.9. The number of amides is 1. The van der Waals surface area contributed by atoms with Crippen LogP contribution in [0.5, 0.6) is 0 Å². The maximum absolute atomic E-state index is 13.9. The van der Waals surface area contributed by atoms with Crippen molar-refractivity contribution in [2.75, 3.05) is 19.7 Å². The number of hydrogen-bond donors (Lipinski definition) is 1. The molecule has 1 aromatic rings. The predicted octanol–water partition coefficient (Wildman–Crippen LogP) is 2.54. The Bertz CT molecular complexity index is 531. The van der Waals surface area contributed by atoms with Crippen molar-refractivity contribution in [2.24, 2.45) is 5.92 Å². The van der Waals surface area contributed by atoms with Crippen molar-refractivity contribution in [3.05, 3.63) is 35.6 Å². The van der Waals surface area contributed by atoms with Gasteiger partial charge in [-0.2, -0.15) is 0 Å². The average molecular weight is 292 g/mol. The third kappa shape index (κ3) is 2.62. The number of piperidine rings is 1. The number of benzene rings is 1. The maximum atomic E-state index is 13.9. The number of carbonyl (C=O) groups excluding carboxylic acids is 1. The Kier molecular flexibility index (Phi) is 3.85. The SMILES string of the molecule is CC1(C2CCCNC2)COC(=O)N1Cc1ccccc1F. The molecule has 2 unspecified atom stereocenters. The highest BCUT2D eigenvalue weighted by molar-refractivity contribution is 5.71. The number of halogens is 1. The first kappa shape index (κ1) is 14.3. The standard InChI is InChI=1S/C16H21FN2O2/c1-16(13-6-4-8-18-9-13)11-21-15(20)19(16)10-12-5-2-3-7-14(12)17/h2-3,5,7,13,18H,4,6,8-11H2,1H3. The molecule has 2 aliphatic rings. The molecule has 3 rings (SSSR count). The van der Waals surface area contributed by atoms with E-state index in [4.69, 9.17) is 4.74 Å². The summed E-state index contributed by atoms with van der Waals surface area (Å²) in [5.41, 5.74) is 0.165. The second kappa shape index (κ2) is 5.64. The highest BCUT2D eigenvalue weighted by Crippen LogP contribution is 2.36. The number of carbonyl (C=O) groups is 1. The zero-order valence-electron chi connectivity index (χ0n) is 12.3. The number of hydrogen-bond acceptors (Lipinski definition) is 3. The highest BCUT2D eigenvalue weighted by Gasteiger charge is 2.49. The normalized spacial score (nSPS) is 29.5. The second-order valence-corrected chi connectivity index (χ2v) is 6.13. The molecule has 1 N–H and O–H groups in total. The lowest BCUT2D eigenvalue weighted by Gasteiger charge is -2.41. The van der Waals surface area contributed by atoms with Crippen LogP contribution in [0, 0.1) is 11.7 Å². The van der Waals surface area contributed by atoms with Crippen molar-refractivity contribution in [3.63, 3.8) is 0 Å². The van der Waals surface area contributed by atoms with Gasteiger partial charge in [-0.15, -0.1) is 0 Å². The zero-order valence-corrected chi connectivity index (χ0v) is 12.3. The van der Waals surface area contributed by atoms with Crippen LogP contribution in [-0.2, 0) is 11.3 Å². The van der Waals surface area contributed by atoms with Crippen LogP contribution in [0.2, 0.25) is 0 Å². The van der Waals surface area contributed by atoms with E-state index in [2.05, 4.69) is 12.2 Å². The van der Waals surface area contributed by atoms with E-state index in [-0.39, 0.29) is 24.0 Å². The number of nitrogens with one attached hydrogen (secondary N) is 1. The van der Waals surface area contributed by atoms with Crippen LogP contribution in [0.4, 0.5) is 9.18 Å². The van der Waals surface area contributed by atoms with Gasteiger partial charge in [0.25, 0.3) is 0 Å². The number of cyclic esters (lactones) is 1. The molecular formula is C16H21FN2O2. The molecular weight excluding hydrogens is 271 g/mol. The summed E-state index contributed by atoms with van der Waals surface area (Å²) in [6.45, 7) is 4.59. The number of nitrogens with zero attached hydrogens (tertiary/aromatic N) is 1. The third-order valence-corrected chi connectivity index (χ3v) is 4.79. The van der Waals surface area contributed by atoms with Gasteiger partial charge in [0.05, 0.1) is 12.1 Å². The molecule has 0 bridgehead atoms. The Hall–Kier alpha value is -1.62. The van der Waals surface area contributed by atoms with Crippen LogP contribution in [0.1, 0.15) is 25.3 Å². The minimum absolute atomic E-state index is 0.262. The van der Waals surface area contributed by atoms with Gasteiger partial charge in [-0.05, 0) is 38.3 Å². The topological polar surface area (TPSA) is 41.6 Å². The van der Waals surface area contributed by atoms with Gasteiger partial charge in [0.15, 0.2) is 0 Å². The molecule has 2 aliphatic heterocycles. The first-order valence-corrected chi connectivity index (χ1v) is 7.50. The Morgan fingerprint density at radius 3 is 3.00 bits per heavy atom. The molecule has 2 fully saturated rings. The monoisotopic (exact) mass is 292 g/mol. The fraction of sp³-hybridized carbons (Fsp3) is 0.562. The highest BCUT2D eigenvalue weighted by atomic mass is 19.1. The lowest BCUT2D eigenvalue weighted by Crippen LogP contribution is -2.54. The molecule has 5 heteroatoms. The summed E-state index contributed by atoms with van der Waals surface area (Å²) in [6.07, 6.45) is 1.82. The van der Waals surface area contributed by atoms with Crippen LogP contribution in [-0.4, -0.2) is 36.2 Å². The van der Waals surface area contributed by atoms with Crippen molar-refractivity contribution in [1.29, 1.82) is 0 Å². The molecule has 114 valence electrons. The first-order chi connectivity index (χ1) is 10.1. The molecule has 0 spiro atoms. The van der Waals surface area contributed by atoms with E-state index in [9.17, 15) is 9.18 Å². The molecule has 2 atom stereocenters. The van der Waals surface area contributed by atoms with Crippen LogP contribution >= 0.6 is 0 Å². The Morgan fingerprint density at radius 2 is 2.29 bits per heavy atom. The average Bonchev–Trinajstić information content (AvgIpc) is 2.80. The second-order valence-electron chi connectivity index (χ2n) is 6.13. The van der Waals surface area contributed by atoms with Crippen molar-refractivity contribution in [2.45, 2.75) is 31.8 Å². The van der Waals surface area contributed by atoms with E-state index in [0.717, 1.165) is 25.9 Å². The van der Waals surface area contributed by atoms with Crippen molar-refractivity contribution >= 4 is 6.09 Å². The lowest BCUT2D eigenvalue weighted by molar-refractivity contribution is 0.0915. The summed E-state index contributed by atoms with van der Waals surface area (Å²) in [7, 11) is 0. The van der Waals surface area contributed by atoms with E-state index in [0.29, 0.717) is 18.1 Å². The van der Waals surface area contributed by atoms with Crippen LogP contribution in [0.15, 0.2) is 24.3 Å². The van der Waals surface area contributed by atoms with Crippen LogP contribution in [0.3, 0.4) is 0 Å². The Balaban J connectivity index is 1.83. The summed E-state index contributed by atoms with van der Waals surface area (Å²) >= 11 is 0. The summed E-state index contributed by atoms with van der Waals surface area (Å²) in [6, 6.07) is 6.60. The van der Waals surface area contributed by atoms with E-state index < -0.39 is 0 Å². The van der Waals surface area contributed by atoms with Crippen LogP contribution < -0.4 is 5.32 Å². The van der Waals surface area contributed by atoms with E-state index in [1.807, 2.05) is 0 Å². The van der Waals surface area contributed by atoms with Crippen LogP contribution in [0.25, 0.3) is 0 Å². The van der Waals surface area contributed by atoms with Crippen molar-refractivity contribution in [1.82, 2.24) is 10.2 Å². The fourth-order valence-corrected chi connectivity index (χ4v) is 3.34. The molecule has 21 heavy (non-hydrogen) atoms. The smallest absolute Gasteiger partial charge is 0.410 e. The molecule has 4 nitrogen and oxygen atoms in total. The third-order valence-electron chi connectivity index (χ3n) is 4.79. The minimum Gasteiger partial charge on any atom is -0.447 e. The molecule has 2 heterocycles. The van der Waals surface area contributed by atoms with Gasteiger partial charge in [-0.3, -0.25) is 4.90 Å². The number of ether oxygens (including phenoxy) is 1. The summed E-state index contributed by atoms with van der Waals surface area (Å²) in [4.78, 5) is 13.8. The predicted molar refractivity (Wildman–Crippen MR) is 77.3 cm³/mol. The van der Waals surface area contributed by atoms with Gasteiger partial charge in [0.1, 0.15) is 12.4 Å². The summed E-state index contributed by atoms with van der Waals surface area (Å²) < 4.78 is 19.2. The largest absolute Gasteiger partial charge is 0.447 e. The number of rotatable bonds is 3. The quantitative estimate of drug-likeness (QED) is 0.931. The van der Waals surface area contributed by atoms with Gasteiger partial charge >= 0.3 is 6.09 Å². The summed E-state index contributed by atoms with van der Waals surface area (Å²) in [5.74, 6) is 0.0609. The van der Waals surface area contributed by atoms with E-state index >= 15 is 0 Å². The Labute approximate surface area is 124 Å². The summed E-state index contributed by atoms with van der Waals surface area (Å²) in [5, 5.41) is 3.38. The van der Waals surface area contributed by atoms with E-state index in [1.54, 1.807) is 23.1 Å². The molecule has 0 aliphatic carbocycles. The lowest BCUT2D eigenvalue weighted by atomic mass is 9.80. The molecule has 1 amide bonds. The van der Waals surface area contributed by atoms with Gasteiger partial charge in [-0.25, -0.2) is 9.18 Å². The minimum atomic E-state index is -0.368. The van der Waals surface area contributed by atoms with Gasteiger partial charge in [-0.1, -0.05) is 18.2 Å². The maximum Gasteiger partial charge on any atom is 0.410 e.